The zero-order valence-electron chi connectivity index (χ0n) is 36.3. The van der Waals surface area contributed by atoms with Gasteiger partial charge in [0.15, 0.2) is 5.78 Å². The molecule has 0 unspecified atom stereocenters. The van der Waals surface area contributed by atoms with Gasteiger partial charge in [0.05, 0.1) is 12.4 Å². The van der Waals surface area contributed by atoms with E-state index in [4.69, 9.17) is 17.3 Å². The minimum atomic E-state index is -1.44. The number of Topliss-reactive ketones (excluding diaryl/α,β-unsaturated/α-hetero) is 1. The molecule has 0 radical (unpaired) electrons. The van der Waals surface area contributed by atoms with Crippen molar-refractivity contribution < 1.29 is 39.0 Å². The number of phenols is 2. The highest BCUT2D eigenvalue weighted by atomic mass is 35.5. The number of phenolic OH excluding ortho intramolecular Hbond substituents is 2. The topological polar surface area (TPSA) is 249 Å². The van der Waals surface area contributed by atoms with Crippen molar-refractivity contribution in [1.29, 1.82) is 0 Å². The summed E-state index contributed by atoms with van der Waals surface area (Å²) in [6, 6.07) is 16.9. The second-order valence-corrected chi connectivity index (χ2v) is 16.6. The number of rotatable bonds is 15. The summed E-state index contributed by atoms with van der Waals surface area (Å²) in [5.41, 5.74) is 9.54. The van der Waals surface area contributed by atoms with Gasteiger partial charge in [-0.1, -0.05) is 48.0 Å². The van der Waals surface area contributed by atoms with Crippen LogP contribution in [0.3, 0.4) is 0 Å². The number of amides is 5. The fraction of sp³-hybridized carbons (Fsp3) is 0.312. The number of aromatic hydroxyl groups is 2. The molecule has 65 heavy (non-hydrogen) atoms. The average Bonchev–Trinajstić information content (AvgIpc) is 3.82. The minimum Gasteiger partial charge on any atom is -0.507 e. The Morgan fingerprint density at radius 1 is 0.877 bits per heavy atom. The van der Waals surface area contributed by atoms with Crippen molar-refractivity contribution in [2.24, 2.45) is 5.73 Å². The lowest BCUT2D eigenvalue weighted by atomic mass is 9.93. The summed E-state index contributed by atoms with van der Waals surface area (Å²) in [6.45, 7) is 3.31. The van der Waals surface area contributed by atoms with Crippen LogP contribution < -0.4 is 27.0 Å². The SMILES string of the molecule is C[C@H](NC(=O)[C@@H]1Cc2ccc(O)c(c2)-c2cc(ccc2O)[C@H](N(C)C(=O)[C@H](CCCCN)NC(=O)c2ccc(-c3ccc(Cl)cc3)cc2)C(=O)N[C@@H](C)C(=O)N1)C(=O)CCc1cnc[nH]1. The number of unbranched alkanes of at least 4 members (excludes halogenated alkanes) is 1. The number of aromatic amines is 1. The van der Waals surface area contributed by atoms with Crippen molar-refractivity contribution in [2.75, 3.05) is 13.6 Å². The van der Waals surface area contributed by atoms with Crippen LogP contribution in [-0.4, -0.2) is 98.2 Å². The Kier molecular flexibility index (Phi) is 15.7. The normalized spacial score (nSPS) is 17.1. The zero-order valence-corrected chi connectivity index (χ0v) is 37.0. The predicted octanol–water partition coefficient (Wildman–Crippen LogP) is 4.49. The van der Waals surface area contributed by atoms with Crippen molar-refractivity contribution in [1.82, 2.24) is 36.1 Å². The lowest BCUT2D eigenvalue weighted by molar-refractivity contribution is -0.141. The molecule has 1 aliphatic heterocycles. The Hall–Kier alpha value is -7.04. The van der Waals surface area contributed by atoms with Crippen LogP contribution in [0.1, 0.15) is 72.8 Å². The van der Waals surface area contributed by atoms with Crippen molar-refractivity contribution >= 4 is 46.9 Å². The summed E-state index contributed by atoms with van der Waals surface area (Å²) in [7, 11) is 1.39. The second kappa shape index (κ2) is 21.6. The van der Waals surface area contributed by atoms with Gasteiger partial charge in [0.25, 0.3) is 5.91 Å². The molecule has 0 saturated heterocycles. The number of carbonyl (C=O) groups is 6. The molecule has 0 fully saturated rings. The lowest BCUT2D eigenvalue weighted by Gasteiger charge is -2.32. The van der Waals surface area contributed by atoms with Gasteiger partial charge in [0.2, 0.25) is 23.6 Å². The first-order valence-electron chi connectivity index (χ1n) is 21.3. The van der Waals surface area contributed by atoms with E-state index in [1.807, 2.05) is 12.1 Å². The number of imidazole rings is 1. The third-order valence-electron chi connectivity index (χ3n) is 11.4. The first kappa shape index (κ1) is 47.4. The molecule has 5 atom stereocenters. The van der Waals surface area contributed by atoms with Gasteiger partial charge in [0.1, 0.15) is 35.7 Å². The molecule has 0 spiro atoms. The lowest BCUT2D eigenvalue weighted by Crippen LogP contribution is -2.56. The standard InChI is InChI=1S/C48H53ClN8O8/c1-27(40(58)20-17-35-25-51-26-52-35)53-46(63)39-23-29-7-18-41(59)36(22-29)37-24-33(14-19-42(37)60)43(47(64)54-28(2)44(61)56-39)57(3)48(65)38(6-4-5-21-50)55-45(62)32-10-8-30(9-11-32)31-12-15-34(49)16-13-31/h7-16,18-19,22,24-28,38-39,43,59-60H,4-6,17,20-21,23,50H2,1-3H3,(H,51,52)(H,53,63)(H,54,64)(H,55,62)(H,56,61)/t27-,28-,38-,39-,43-/m0/s1. The van der Waals surface area contributed by atoms with Crippen LogP contribution in [0.15, 0.2) is 97.5 Å². The summed E-state index contributed by atoms with van der Waals surface area (Å²) in [5.74, 6) is -4.10. The van der Waals surface area contributed by atoms with Crippen LogP contribution in [0.5, 0.6) is 11.5 Å². The molecule has 17 heteroatoms. The highest BCUT2D eigenvalue weighted by molar-refractivity contribution is 6.30. The van der Waals surface area contributed by atoms with E-state index in [0.717, 1.165) is 21.7 Å². The fourth-order valence-electron chi connectivity index (χ4n) is 7.63. The van der Waals surface area contributed by atoms with Gasteiger partial charge in [0, 0.05) is 53.5 Å². The van der Waals surface area contributed by atoms with Gasteiger partial charge in [-0.05, 0) is 117 Å². The number of ketones is 1. The van der Waals surface area contributed by atoms with Crippen LogP contribution in [-0.2, 0) is 36.8 Å². The molecule has 5 aromatic rings. The molecule has 4 bridgehead atoms. The number of hydrogen-bond acceptors (Lipinski definition) is 10. The molecule has 340 valence electrons. The third kappa shape index (κ3) is 12.0. The smallest absolute Gasteiger partial charge is 0.251 e. The number of nitrogens with two attached hydrogens (primary N) is 1. The van der Waals surface area contributed by atoms with E-state index >= 15 is 0 Å². The third-order valence-corrected chi connectivity index (χ3v) is 11.7. The van der Waals surface area contributed by atoms with Crippen LogP contribution in [0, 0.1) is 0 Å². The molecule has 1 aliphatic rings. The van der Waals surface area contributed by atoms with E-state index in [1.165, 1.54) is 44.6 Å². The quantitative estimate of drug-likeness (QED) is 0.0684. The van der Waals surface area contributed by atoms with Crippen LogP contribution in [0.4, 0.5) is 0 Å². The number of hydrogen-bond donors (Lipinski definition) is 8. The maximum atomic E-state index is 14.6. The summed E-state index contributed by atoms with van der Waals surface area (Å²) in [4.78, 5) is 91.5. The Balaban J connectivity index is 1.28. The zero-order chi connectivity index (χ0) is 46.8. The number of halogens is 1. The van der Waals surface area contributed by atoms with Gasteiger partial charge in [-0.25, -0.2) is 4.98 Å². The average molecular weight is 905 g/mol. The largest absolute Gasteiger partial charge is 0.507 e. The number of H-pyrrole nitrogens is 1. The Bertz CT molecular complexity index is 2520. The van der Waals surface area contributed by atoms with Crippen molar-refractivity contribution in [3.63, 3.8) is 0 Å². The Morgan fingerprint density at radius 2 is 1.54 bits per heavy atom. The van der Waals surface area contributed by atoms with Crippen molar-refractivity contribution in [3.05, 3.63) is 125 Å². The number of nitrogens with one attached hydrogen (secondary N) is 5. The number of likely N-dealkylation sites (N-methyl/N-ethyl adjacent to an activating group) is 1. The van der Waals surface area contributed by atoms with Crippen molar-refractivity contribution in [2.45, 2.75) is 82.6 Å². The number of fused-ring (bicyclic) bond motifs is 5. The molecule has 4 aromatic carbocycles. The summed E-state index contributed by atoms with van der Waals surface area (Å²) < 4.78 is 0. The molecule has 2 heterocycles. The Labute approximate surface area is 381 Å². The van der Waals surface area contributed by atoms with E-state index in [2.05, 4.69) is 31.2 Å². The van der Waals surface area contributed by atoms with E-state index < -0.39 is 59.7 Å². The fourth-order valence-corrected chi connectivity index (χ4v) is 7.75. The summed E-state index contributed by atoms with van der Waals surface area (Å²) >= 11 is 6.05. The highest BCUT2D eigenvalue weighted by Gasteiger charge is 2.36. The molecular weight excluding hydrogens is 852 g/mol. The summed E-state index contributed by atoms with van der Waals surface area (Å²) in [6.07, 6.45) is 4.72. The predicted molar refractivity (Wildman–Crippen MR) is 245 cm³/mol. The number of carbonyl (C=O) groups excluding carboxylic acids is 6. The maximum Gasteiger partial charge on any atom is 0.251 e. The molecule has 16 nitrogen and oxygen atoms in total. The van der Waals surface area contributed by atoms with E-state index in [-0.39, 0.29) is 53.2 Å². The van der Waals surface area contributed by atoms with Crippen LogP contribution in [0.25, 0.3) is 22.3 Å². The Morgan fingerprint density at radius 3 is 2.20 bits per heavy atom. The highest BCUT2D eigenvalue weighted by Crippen LogP contribution is 2.39. The monoisotopic (exact) mass is 904 g/mol. The van der Waals surface area contributed by atoms with Crippen LogP contribution >= 0.6 is 11.6 Å². The first-order chi connectivity index (χ1) is 31.1. The minimum absolute atomic E-state index is 0.0926. The molecule has 1 aromatic heterocycles. The second-order valence-electron chi connectivity index (χ2n) is 16.1. The molecule has 9 N–H and O–H groups in total. The number of nitrogens with zero attached hydrogens (tertiary/aromatic N) is 2. The molecule has 6 rings (SSSR count). The first-order valence-corrected chi connectivity index (χ1v) is 21.7. The number of aryl methyl sites for hydroxylation is 1. The number of aromatic nitrogens is 2. The van der Waals surface area contributed by atoms with Gasteiger partial charge in [-0.15, -0.1) is 0 Å². The molecule has 0 aliphatic carbocycles. The van der Waals surface area contributed by atoms with E-state index in [0.29, 0.717) is 42.0 Å². The van der Waals surface area contributed by atoms with Gasteiger partial charge >= 0.3 is 0 Å². The van der Waals surface area contributed by atoms with Gasteiger partial charge < -0.3 is 47.1 Å². The van der Waals surface area contributed by atoms with Crippen LogP contribution in [0.2, 0.25) is 5.02 Å². The maximum absolute atomic E-state index is 14.6. The van der Waals surface area contributed by atoms with Gasteiger partial charge in [-0.2, -0.15) is 0 Å². The van der Waals surface area contributed by atoms with Gasteiger partial charge in [-0.3, -0.25) is 28.8 Å². The summed E-state index contributed by atoms with van der Waals surface area (Å²) in [5, 5.41) is 33.8. The van der Waals surface area contributed by atoms with E-state index in [9.17, 15) is 39.0 Å². The molecule has 0 saturated carbocycles. The van der Waals surface area contributed by atoms with Crippen molar-refractivity contribution in [3.8, 4) is 33.8 Å². The van der Waals surface area contributed by atoms with E-state index in [1.54, 1.807) is 61.7 Å². The molecular formula is C48H53ClN8O8. The molecule has 5 amide bonds. The number of benzene rings is 4.